The van der Waals surface area contributed by atoms with Crippen LogP contribution in [0, 0.1) is 31.6 Å². The Kier molecular flexibility index (Phi) is 5.77. The predicted octanol–water partition coefficient (Wildman–Crippen LogP) is 5.28. The van der Waals surface area contributed by atoms with E-state index >= 15 is 0 Å². The average molecular weight is 479 g/mol. The van der Waals surface area contributed by atoms with Gasteiger partial charge in [0.2, 0.25) is 0 Å². The first-order valence-corrected chi connectivity index (χ1v) is 11.9. The molecule has 3 fully saturated rings. The van der Waals surface area contributed by atoms with Gasteiger partial charge in [0.1, 0.15) is 0 Å². The minimum Gasteiger partial charge on any atom is -0.365 e. The first-order chi connectivity index (χ1) is 16.7. The zero-order valence-electron chi connectivity index (χ0n) is 19.1. The standard InChI is InChI=1S/C26H26N2O7/c29-23-19(15-17-4-8-21(9-5-17)27(31)32)12-14-25(23)16-20-3-1-2-13-26(20,30)35-24(25)18-6-10-22(11-7-18)28(33)34/h4-11,15,20,24,30H,1-3,12-14,16H2/b19-15+/t20-,24+,25+,26-/m0/s1. The molecule has 1 heterocycles. The molecule has 0 unspecified atom stereocenters. The zero-order valence-corrected chi connectivity index (χ0v) is 19.1. The van der Waals surface area contributed by atoms with Crippen LogP contribution in [0.5, 0.6) is 0 Å². The van der Waals surface area contributed by atoms with E-state index in [0.717, 1.165) is 19.3 Å². The van der Waals surface area contributed by atoms with Crippen LogP contribution in [0.25, 0.3) is 6.08 Å². The Hall–Kier alpha value is -3.43. The molecule has 0 radical (unpaired) electrons. The highest BCUT2D eigenvalue weighted by Crippen LogP contribution is 2.61. The van der Waals surface area contributed by atoms with Crippen LogP contribution in [-0.2, 0) is 9.53 Å². The van der Waals surface area contributed by atoms with Gasteiger partial charge in [-0.15, -0.1) is 0 Å². The molecule has 1 spiro atoms. The van der Waals surface area contributed by atoms with Gasteiger partial charge in [-0.3, -0.25) is 25.0 Å². The van der Waals surface area contributed by atoms with Crippen LogP contribution >= 0.6 is 0 Å². The maximum absolute atomic E-state index is 14.0. The number of non-ortho nitro benzene ring substituents is 2. The van der Waals surface area contributed by atoms with Gasteiger partial charge in [-0.05, 0) is 79.1 Å². The van der Waals surface area contributed by atoms with Crippen molar-refractivity contribution in [2.24, 2.45) is 11.3 Å². The van der Waals surface area contributed by atoms with Gasteiger partial charge in [0.05, 0.1) is 21.4 Å². The summed E-state index contributed by atoms with van der Waals surface area (Å²) >= 11 is 0. The molecule has 2 saturated carbocycles. The molecule has 182 valence electrons. The van der Waals surface area contributed by atoms with Crippen LogP contribution < -0.4 is 0 Å². The molecular formula is C26H26N2O7. The number of nitrogens with zero attached hydrogens (tertiary/aromatic N) is 2. The van der Waals surface area contributed by atoms with Gasteiger partial charge in [-0.1, -0.05) is 6.42 Å². The van der Waals surface area contributed by atoms with Crippen molar-refractivity contribution in [1.82, 2.24) is 0 Å². The molecule has 1 saturated heterocycles. The summed E-state index contributed by atoms with van der Waals surface area (Å²) in [5.41, 5.74) is 1.01. The van der Waals surface area contributed by atoms with E-state index in [0.29, 0.717) is 42.4 Å². The summed E-state index contributed by atoms with van der Waals surface area (Å²) in [6, 6.07) is 12.1. The number of fused-ring (bicyclic) bond motifs is 1. The summed E-state index contributed by atoms with van der Waals surface area (Å²) in [6.45, 7) is 0. The van der Waals surface area contributed by atoms with Crippen molar-refractivity contribution >= 4 is 23.2 Å². The number of aliphatic hydroxyl groups is 1. The molecular weight excluding hydrogens is 452 g/mol. The van der Waals surface area contributed by atoms with Crippen LogP contribution in [0.3, 0.4) is 0 Å². The predicted molar refractivity (Wildman–Crippen MR) is 126 cm³/mol. The van der Waals surface area contributed by atoms with Gasteiger partial charge in [-0.2, -0.15) is 0 Å². The van der Waals surface area contributed by atoms with E-state index in [2.05, 4.69) is 0 Å². The summed E-state index contributed by atoms with van der Waals surface area (Å²) in [5.74, 6) is -1.53. The molecule has 5 rings (SSSR count). The fraction of sp³-hybridized carbons (Fsp3) is 0.423. The molecule has 0 amide bonds. The normalized spacial score (nSPS) is 31.5. The van der Waals surface area contributed by atoms with E-state index in [4.69, 9.17) is 4.74 Å². The number of Topliss-reactive ketones (excluding diaryl/α,β-unsaturated/α-hetero) is 1. The Morgan fingerprint density at radius 1 is 0.943 bits per heavy atom. The summed E-state index contributed by atoms with van der Waals surface area (Å²) in [5, 5.41) is 33.4. The van der Waals surface area contributed by atoms with Crippen LogP contribution in [0.1, 0.15) is 62.2 Å². The van der Waals surface area contributed by atoms with E-state index in [1.807, 2.05) is 0 Å². The van der Waals surface area contributed by atoms with Gasteiger partial charge in [0.25, 0.3) is 11.4 Å². The van der Waals surface area contributed by atoms with Crippen LogP contribution in [-0.4, -0.2) is 26.5 Å². The van der Waals surface area contributed by atoms with Gasteiger partial charge < -0.3 is 9.84 Å². The van der Waals surface area contributed by atoms with Crippen molar-refractivity contribution in [2.75, 3.05) is 0 Å². The number of hydrogen-bond acceptors (Lipinski definition) is 7. The lowest BCUT2D eigenvalue weighted by atomic mass is 9.63. The highest BCUT2D eigenvalue weighted by molar-refractivity contribution is 6.06. The highest BCUT2D eigenvalue weighted by Gasteiger charge is 2.61. The van der Waals surface area contributed by atoms with Crippen molar-refractivity contribution in [2.45, 2.75) is 56.8 Å². The second-order valence-electron chi connectivity index (χ2n) is 9.84. The number of hydrogen-bond donors (Lipinski definition) is 1. The minimum absolute atomic E-state index is 0.0168. The minimum atomic E-state index is -1.32. The maximum atomic E-state index is 14.0. The number of rotatable bonds is 4. The average Bonchev–Trinajstić information content (AvgIpc) is 3.15. The number of benzene rings is 2. The molecule has 4 atom stereocenters. The van der Waals surface area contributed by atoms with E-state index < -0.39 is 27.2 Å². The first kappa shape index (κ1) is 23.3. The van der Waals surface area contributed by atoms with E-state index in [-0.39, 0.29) is 23.1 Å². The van der Waals surface area contributed by atoms with Gasteiger partial charge >= 0.3 is 0 Å². The largest absolute Gasteiger partial charge is 0.365 e. The second kappa shape index (κ2) is 8.66. The number of nitro benzene ring substituents is 2. The van der Waals surface area contributed by atoms with Crippen molar-refractivity contribution in [3.8, 4) is 0 Å². The molecule has 2 aromatic carbocycles. The number of allylic oxidation sites excluding steroid dienone is 1. The Labute approximate surface area is 201 Å². The molecule has 3 aliphatic rings. The SMILES string of the molecule is O=C1/C(=C/c2ccc([N+](=O)[O-])cc2)CC[C@@]12C[C@@H]1CCCC[C@]1(O)O[C@@H]2c1ccc([N+](=O)[O-])cc1. The third kappa shape index (κ3) is 4.04. The van der Waals surface area contributed by atoms with Gasteiger partial charge in [0, 0.05) is 36.6 Å². The third-order valence-electron chi connectivity index (χ3n) is 7.85. The van der Waals surface area contributed by atoms with E-state index in [1.54, 1.807) is 30.3 Å². The van der Waals surface area contributed by atoms with Crippen molar-refractivity contribution < 1.29 is 24.5 Å². The fourth-order valence-corrected chi connectivity index (χ4v) is 6.02. The molecule has 0 aromatic heterocycles. The van der Waals surface area contributed by atoms with Crippen LogP contribution in [0.4, 0.5) is 11.4 Å². The molecule has 2 aromatic rings. The third-order valence-corrected chi connectivity index (χ3v) is 7.85. The number of nitro groups is 2. The molecule has 9 heteroatoms. The Morgan fingerprint density at radius 3 is 2.20 bits per heavy atom. The van der Waals surface area contributed by atoms with Gasteiger partial charge in [0.15, 0.2) is 11.6 Å². The van der Waals surface area contributed by atoms with Crippen molar-refractivity contribution in [3.63, 3.8) is 0 Å². The summed E-state index contributed by atoms with van der Waals surface area (Å²) in [7, 11) is 0. The fourth-order valence-electron chi connectivity index (χ4n) is 6.02. The summed E-state index contributed by atoms with van der Waals surface area (Å²) in [4.78, 5) is 35.1. The Morgan fingerprint density at radius 2 is 1.57 bits per heavy atom. The summed E-state index contributed by atoms with van der Waals surface area (Å²) < 4.78 is 6.38. The van der Waals surface area contributed by atoms with Crippen molar-refractivity contribution in [1.29, 1.82) is 0 Å². The lowest BCUT2D eigenvalue weighted by Crippen LogP contribution is -2.55. The highest BCUT2D eigenvalue weighted by atomic mass is 16.6. The summed E-state index contributed by atoms with van der Waals surface area (Å²) in [6.07, 6.45) is 5.68. The lowest BCUT2D eigenvalue weighted by molar-refractivity contribution is -0.385. The van der Waals surface area contributed by atoms with E-state index in [1.165, 1.54) is 24.3 Å². The zero-order chi connectivity index (χ0) is 24.8. The number of carbonyl (C=O) groups excluding carboxylic acids is 1. The molecule has 9 nitrogen and oxygen atoms in total. The maximum Gasteiger partial charge on any atom is 0.269 e. The Balaban J connectivity index is 1.52. The number of carbonyl (C=O) groups is 1. The van der Waals surface area contributed by atoms with Crippen molar-refractivity contribution in [3.05, 3.63) is 85.5 Å². The second-order valence-corrected chi connectivity index (χ2v) is 9.84. The monoisotopic (exact) mass is 478 g/mol. The number of ketones is 1. The van der Waals surface area contributed by atoms with Crippen LogP contribution in [0.15, 0.2) is 54.1 Å². The molecule has 1 aliphatic heterocycles. The molecule has 35 heavy (non-hydrogen) atoms. The van der Waals surface area contributed by atoms with Crippen LogP contribution in [0.2, 0.25) is 0 Å². The molecule has 2 aliphatic carbocycles. The topological polar surface area (TPSA) is 133 Å². The Bertz CT molecular complexity index is 1210. The van der Waals surface area contributed by atoms with Gasteiger partial charge in [-0.25, -0.2) is 0 Å². The smallest absolute Gasteiger partial charge is 0.269 e. The van der Waals surface area contributed by atoms with E-state index in [9.17, 15) is 30.1 Å². The first-order valence-electron chi connectivity index (χ1n) is 11.9. The number of ether oxygens (including phenoxy) is 1. The lowest BCUT2D eigenvalue weighted by Gasteiger charge is -2.53. The quantitative estimate of drug-likeness (QED) is 0.359. The molecule has 1 N–H and O–H groups in total. The molecule has 0 bridgehead atoms.